The van der Waals surface area contributed by atoms with Crippen molar-refractivity contribution < 1.29 is 9.53 Å². The van der Waals surface area contributed by atoms with Crippen LogP contribution >= 0.6 is 0 Å². The van der Waals surface area contributed by atoms with Gasteiger partial charge in [0.1, 0.15) is 5.60 Å². The standard InChI is InChI=1S/C11H20N6O2/c1-11(2,3)19-10(18)16-6-4-5-8(7-16)17-9(12)13-14-15-17/h8H,4-7H2,1-3H3,(H2,12,13,15). The molecule has 0 aromatic carbocycles. The lowest BCUT2D eigenvalue weighted by molar-refractivity contribution is 0.0167. The SMILES string of the molecule is CC(C)(C)OC(=O)N1CCCC(n2nnnc2N)C1. The Morgan fingerprint density at radius 3 is 2.79 bits per heavy atom. The van der Waals surface area contributed by atoms with Gasteiger partial charge in [-0.25, -0.2) is 9.48 Å². The van der Waals surface area contributed by atoms with Crippen LogP contribution < -0.4 is 5.73 Å². The van der Waals surface area contributed by atoms with E-state index in [-0.39, 0.29) is 18.1 Å². The molecule has 2 N–H and O–H groups in total. The van der Waals surface area contributed by atoms with Crippen molar-refractivity contribution >= 4 is 12.0 Å². The van der Waals surface area contributed by atoms with Crippen LogP contribution in [0.15, 0.2) is 0 Å². The molecule has 0 bridgehead atoms. The van der Waals surface area contributed by atoms with Gasteiger partial charge in [0.25, 0.3) is 0 Å². The Hall–Kier alpha value is -1.86. The summed E-state index contributed by atoms with van der Waals surface area (Å²) in [6, 6.07) is 0.0104. The van der Waals surface area contributed by atoms with E-state index < -0.39 is 5.60 Å². The maximum Gasteiger partial charge on any atom is 0.410 e. The zero-order chi connectivity index (χ0) is 14.0. The third-order valence-corrected chi connectivity index (χ3v) is 2.91. The Labute approximate surface area is 111 Å². The number of hydrogen-bond donors (Lipinski definition) is 1. The van der Waals surface area contributed by atoms with Gasteiger partial charge in [-0.15, -0.1) is 0 Å². The maximum absolute atomic E-state index is 12.0. The molecule has 1 aromatic heterocycles. The summed E-state index contributed by atoms with van der Waals surface area (Å²) in [6.45, 7) is 6.76. The van der Waals surface area contributed by atoms with Crippen molar-refractivity contribution in [3.8, 4) is 0 Å². The van der Waals surface area contributed by atoms with Gasteiger partial charge in [0.2, 0.25) is 5.95 Å². The molecule has 106 valence electrons. The minimum Gasteiger partial charge on any atom is -0.444 e. The van der Waals surface area contributed by atoms with Crippen molar-refractivity contribution in [1.82, 2.24) is 25.1 Å². The molecule has 8 nitrogen and oxygen atoms in total. The van der Waals surface area contributed by atoms with E-state index in [1.807, 2.05) is 20.8 Å². The molecule has 1 aliphatic rings. The van der Waals surface area contributed by atoms with Gasteiger partial charge in [0.15, 0.2) is 0 Å². The molecule has 1 aliphatic heterocycles. The zero-order valence-corrected chi connectivity index (χ0v) is 11.5. The Morgan fingerprint density at radius 2 is 2.21 bits per heavy atom. The van der Waals surface area contributed by atoms with Crippen molar-refractivity contribution in [1.29, 1.82) is 0 Å². The molecule has 2 heterocycles. The number of nitrogen functional groups attached to an aromatic ring is 1. The number of carbonyl (C=O) groups is 1. The van der Waals surface area contributed by atoms with E-state index >= 15 is 0 Å². The summed E-state index contributed by atoms with van der Waals surface area (Å²) in [6.07, 6.45) is 1.47. The number of anilines is 1. The van der Waals surface area contributed by atoms with Crippen molar-refractivity contribution in [3.05, 3.63) is 0 Å². The molecular weight excluding hydrogens is 248 g/mol. The highest BCUT2D eigenvalue weighted by Crippen LogP contribution is 2.23. The van der Waals surface area contributed by atoms with Crippen LogP contribution in [0.25, 0.3) is 0 Å². The third-order valence-electron chi connectivity index (χ3n) is 2.91. The number of likely N-dealkylation sites (tertiary alicyclic amines) is 1. The fourth-order valence-electron chi connectivity index (χ4n) is 2.11. The number of tetrazole rings is 1. The maximum atomic E-state index is 12.0. The van der Waals surface area contributed by atoms with Crippen molar-refractivity contribution in [3.63, 3.8) is 0 Å². The van der Waals surface area contributed by atoms with Crippen LogP contribution in [0.4, 0.5) is 10.7 Å². The topological polar surface area (TPSA) is 99.2 Å². The summed E-state index contributed by atoms with van der Waals surface area (Å²) in [7, 11) is 0. The van der Waals surface area contributed by atoms with E-state index in [1.54, 1.807) is 9.58 Å². The van der Waals surface area contributed by atoms with Crippen molar-refractivity contribution in [2.24, 2.45) is 0 Å². The monoisotopic (exact) mass is 268 g/mol. The molecule has 1 aromatic rings. The molecule has 0 aliphatic carbocycles. The number of hydrogen-bond acceptors (Lipinski definition) is 6. The van der Waals surface area contributed by atoms with E-state index in [2.05, 4.69) is 15.5 Å². The van der Waals surface area contributed by atoms with Gasteiger partial charge in [-0.05, 0) is 44.0 Å². The quantitative estimate of drug-likeness (QED) is 0.809. The van der Waals surface area contributed by atoms with E-state index in [9.17, 15) is 4.79 Å². The molecule has 19 heavy (non-hydrogen) atoms. The first-order chi connectivity index (χ1) is 8.87. The number of aromatic nitrogens is 4. The Kier molecular flexibility index (Phi) is 3.59. The van der Waals surface area contributed by atoms with E-state index in [0.717, 1.165) is 12.8 Å². The van der Waals surface area contributed by atoms with Crippen LogP contribution in [-0.4, -0.2) is 49.9 Å². The molecule has 1 unspecified atom stereocenters. The highest BCUT2D eigenvalue weighted by atomic mass is 16.6. The number of rotatable bonds is 1. The van der Waals surface area contributed by atoms with Gasteiger partial charge in [0, 0.05) is 13.1 Å². The first-order valence-corrected chi connectivity index (χ1v) is 6.38. The summed E-state index contributed by atoms with van der Waals surface area (Å²) < 4.78 is 6.93. The number of amides is 1. The Morgan fingerprint density at radius 1 is 1.47 bits per heavy atom. The Bertz CT molecular complexity index is 452. The van der Waals surface area contributed by atoms with Crippen LogP contribution in [-0.2, 0) is 4.74 Å². The van der Waals surface area contributed by atoms with E-state index in [0.29, 0.717) is 13.1 Å². The predicted octanol–water partition coefficient (Wildman–Crippen LogP) is 0.827. The smallest absolute Gasteiger partial charge is 0.410 e. The van der Waals surface area contributed by atoms with Crippen molar-refractivity contribution in [2.45, 2.75) is 45.3 Å². The lowest BCUT2D eigenvalue weighted by atomic mass is 10.1. The average molecular weight is 268 g/mol. The molecule has 1 saturated heterocycles. The largest absolute Gasteiger partial charge is 0.444 e. The lowest BCUT2D eigenvalue weighted by Gasteiger charge is -2.33. The molecular formula is C11H20N6O2. The molecule has 2 rings (SSSR count). The van der Waals surface area contributed by atoms with Crippen LogP contribution in [0.1, 0.15) is 39.7 Å². The molecule has 0 saturated carbocycles. The minimum atomic E-state index is -0.488. The fourth-order valence-corrected chi connectivity index (χ4v) is 2.11. The third kappa shape index (κ3) is 3.33. The van der Waals surface area contributed by atoms with Gasteiger partial charge in [-0.1, -0.05) is 5.10 Å². The summed E-state index contributed by atoms with van der Waals surface area (Å²) in [5, 5.41) is 11.1. The lowest BCUT2D eigenvalue weighted by Crippen LogP contribution is -2.43. The number of ether oxygens (including phenoxy) is 1. The van der Waals surface area contributed by atoms with E-state index in [4.69, 9.17) is 10.5 Å². The van der Waals surface area contributed by atoms with Crippen LogP contribution in [0.3, 0.4) is 0 Å². The van der Waals surface area contributed by atoms with Gasteiger partial charge < -0.3 is 15.4 Å². The van der Waals surface area contributed by atoms with E-state index in [1.165, 1.54) is 0 Å². The first kappa shape index (κ1) is 13.6. The molecule has 0 spiro atoms. The first-order valence-electron chi connectivity index (χ1n) is 6.38. The van der Waals surface area contributed by atoms with Gasteiger partial charge in [0.05, 0.1) is 6.04 Å². The van der Waals surface area contributed by atoms with Gasteiger partial charge in [-0.3, -0.25) is 0 Å². The van der Waals surface area contributed by atoms with Crippen LogP contribution in [0.2, 0.25) is 0 Å². The zero-order valence-electron chi connectivity index (χ0n) is 11.5. The molecule has 8 heteroatoms. The molecule has 1 amide bonds. The van der Waals surface area contributed by atoms with Crippen molar-refractivity contribution in [2.75, 3.05) is 18.8 Å². The van der Waals surface area contributed by atoms with Crippen LogP contribution in [0.5, 0.6) is 0 Å². The highest BCUT2D eigenvalue weighted by molar-refractivity contribution is 5.68. The predicted molar refractivity (Wildman–Crippen MR) is 68.3 cm³/mol. The molecule has 1 fully saturated rings. The van der Waals surface area contributed by atoms with Gasteiger partial charge >= 0.3 is 6.09 Å². The normalized spacial score (nSPS) is 20.4. The number of nitrogens with two attached hydrogens (primary N) is 1. The van der Waals surface area contributed by atoms with Crippen LogP contribution in [0, 0.1) is 0 Å². The summed E-state index contributed by atoms with van der Waals surface area (Å²) >= 11 is 0. The number of nitrogens with zero attached hydrogens (tertiary/aromatic N) is 5. The summed E-state index contributed by atoms with van der Waals surface area (Å²) in [4.78, 5) is 13.7. The Balaban J connectivity index is 2.01. The second kappa shape index (κ2) is 5.02. The molecule has 0 radical (unpaired) electrons. The van der Waals surface area contributed by atoms with Gasteiger partial charge in [-0.2, -0.15) is 0 Å². The fraction of sp³-hybridized carbons (Fsp3) is 0.818. The summed E-state index contributed by atoms with van der Waals surface area (Å²) in [5.74, 6) is 0.274. The highest BCUT2D eigenvalue weighted by Gasteiger charge is 2.29. The number of piperidine rings is 1. The minimum absolute atomic E-state index is 0.0104. The number of carbonyl (C=O) groups excluding carboxylic acids is 1. The second-order valence-corrected chi connectivity index (χ2v) is 5.70. The average Bonchev–Trinajstić information content (AvgIpc) is 2.73. The second-order valence-electron chi connectivity index (χ2n) is 5.70. The summed E-state index contributed by atoms with van der Waals surface area (Å²) in [5.41, 5.74) is 5.20. The molecule has 1 atom stereocenters.